The molecule has 0 aliphatic carbocycles. The van der Waals surface area contributed by atoms with Crippen LogP contribution in [0.1, 0.15) is 15.9 Å². The molecule has 0 heterocycles. The molecule has 0 saturated carbocycles. The molecule has 17 heavy (non-hydrogen) atoms. The number of phenolic OH excluding ortho intramolecular Hbond substituents is 1. The van der Waals surface area contributed by atoms with E-state index in [1.54, 1.807) is 36.4 Å². The Labute approximate surface area is 112 Å². The molecule has 2 rings (SSSR count). The van der Waals surface area contributed by atoms with Gasteiger partial charge in [-0.2, -0.15) is 0 Å². The van der Waals surface area contributed by atoms with Gasteiger partial charge in [0.25, 0.3) is 0 Å². The molecule has 0 fully saturated rings. The zero-order valence-corrected chi connectivity index (χ0v) is 11.0. The number of ketones is 1. The van der Waals surface area contributed by atoms with Gasteiger partial charge in [-0.15, -0.1) is 0 Å². The topological polar surface area (TPSA) is 37.3 Å². The van der Waals surface area contributed by atoms with Gasteiger partial charge in [0.2, 0.25) is 0 Å². The fourth-order valence-electron chi connectivity index (χ4n) is 1.48. The second kappa shape index (κ2) is 4.90. The number of hydrogen-bond donors (Lipinski definition) is 1. The van der Waals surface area contributed by atoms with Gasteiger partial charge in [-0.1, -0.05) is 39.7 Å². The van der Waals surface area contributed by atoms with Gasteiger partial charge >= 0.3 is 0 Å². The van der Waals surface area contributed by atoms with E-state index in [1.807, 2.05) is 0 Å². The molecule has 1 N–H and O–H groups in total. The summed E-state index contributed by atoms with van der Waals surface area (Å²) in [7, 11) is 0. The Kier molecular flexibility index (Phi) is 3.50. The van der Waals surface area contributed by atoms with Crippen LogP contribution in [0.3, 0.4) is 0 Å². The van der Waals surface area contributed by atoms with Crippen molar-refractivity contribution < 1.29 is 9.90 Å². The first-order chi connectivity index (χ1) is 8.09. The molecular weight excluding hydrogens is 303 g/mol. The van der Waals surface area contributed by atoms with Gasteiger partial charge in [0, 0.05) is 10.0 Å². The third kappa shape index (κ3) is 2.51. The van der Waals surface area contributed by atoms with Crippen LogP contribution in [0, 0.1) is 0 Å². The summed E-state index contributed by atoms with van der Waals surface area (Å²) in [6.07, 6.45) is 0. The summed E-state index contributed by atoms with van der Waals surface area (Å²) >= 11 is 9.21. The molecule has 2 aromatic carbocycles. The van der Waals surface area contributed by atoms with Crippen LogP contribution in [0.4, 0.5) is 0 Å². The van der Waals surface area contributed by atoms with Gasteiger partial charge in [-0.25, -0.2) is 0 Å². The van der Waals surface area contributed by atoms with Crippen LogP contribution >= 0.6 is 27.5 Å². The number of carbonyl (C=O) groups excluding carboxylic acids is 1. The molecule has 0 saturated heterocycles. The molecule has 2 aromatic rings. The standard InChI is InChI=1S/C13H8BrClO2/c14-8-5-6-12(16)10(7-8)13(17)9-3-1-2-4-11(9)15/h1-7,16H. The van der Waals surface area contributed by atoms with Crippen molar-refractivity contribution >= 4 is 33.3 Å². The summed E-state index contributed by atoms with van der Waals surface area (Å²) in [6, 6.07) is 11.5. The van der Waals surface area contributed by atoms with Gasteiger partial charge in [-0.3, -0.25) is 4.79 Å². The lowest BCUT2D eigenvalue weighted by Gasteiger charge is -2.06. The van der Waals surface area contributed by atoms with Gasteiger partial charge in [0.05, 0.1) is 10.6 Å². The summed E-state index contributed by atoms with van der Waals surface area (Å²) in [6.45, 7) is 0. The molecular formula is C13H8BrClO2. The zero-order chi connectivity index (χ0) is 12.4. The summed E-state index contributed by atoms with van der Waals surface area (Å²) < 4.78 is 0.728. The Bertz CT molecular complexity index is 581. The number of hydrogen-bond acceptors (Lipinski definition) is 2. The van der Waals surface area contributed by atoms with Crippen molar-refractivity contribution in [2.45, 2.75) is 0 Å². The second-order valence-corrected chi connectivity index (χ2v) is 4.79. The van der Waals surface area contributed by atoms with Crippen LogP contribution in [0.5, 0.6) is 5.75 Å². The van der Waals surface area contributed by atoms with E-state index in [0.29, 0.717) is 10.6 Å². The monoisotopic (exact) mass is 310 g/mol. The average molecular weight is 312 g/mol. The number of aromatic hydroxyl groups is 1. The van der Waals surface area contributed by atoms with Gasteiger partial charge in [-0.05, 0) is 30.3 Å². The molecule has 0 aliphatic heterocycles. The lowest BCUT2D eigenvalue weighted by molar-refractivity contribution is 0.103. The van der Waals surface area contributed by atoms with Crippen molar-refractivity contribution in [1.29, 1.82) is 0 Å². The van der Waals surface area contributed by atoms with E-state index in [9.17, 15) is 9.90 Å². The highest BCUT2D eigenvalue weighted by Crippen LogP contribution is 2.26. The van der Waals surface area contributed by atoms with Crippen LogP contribution in [0.25, 0.3) is 0 Å². The number of carbonyl (C=O) groups is 1. The van der Waals surface area contributed by atoms with Crippen molar-refractivity contribution in [3.05, 3.63) is 63.1 Å². The molecule has 0 spiro atoms. The Hall–Kier alpha value is -1.32. The Balaban J connectivity index is 2.51. The van der Waals surface area contributed by atoms with E-state index < -0.39 is 0 Å². The fourth-order valence-corrected chi connectivity index (χ4v) is 2.06. The van der Waals surface area contributed by atoms with E-state index in [-0.39, 0.29) is 17.1 Å². The minimum Gasteiger partial charge on any atom is -0.507 e. The Morgan fingerprint density at radius 3 is 2.53 bits per heavy atom. The maximum atomic E-state index is 12.2. The second-order valence-electron chi connectivity index (χ2n) is 3.47. The lowest BCUT2D eigenvalue weighted by Crippen LogP contribution is -2.02. The third-order valence-electron chi connectivity index (χ3n) is 2.32. The molecule has 86 valence electrons. The molecule has 0 radical (unpaired) electrons. The third-order valence-corrected chi connectivity index (χ3v) is 3.14. The summed E-state index contributed by atoms with van der Waals surface area (Å²) in [5.41, 5.74) is 0.607. The zero-order valence-electron chi connectivity index (χ0n) is 8.65. The minimum absolute atomic E-state index is 0.0573. The Morgan fingerprint density at radius 1 is 1.12 bits per heavy atom. The predicted octanol–water partition coefficient (Wildman–Crippen LogP) is 4.04. The first-order valence-electron chi connectivity index (χ1n) is 4.87. The quantitative estimate of drug-likeness (QED) is 0.850. The maximum absolute atomic E-state index is 12.2. The molecule has 0 amide bonds. The molecule has 0 aromatic heterocycles. The maximum Gasteiger partial charge on any atom is 0.198 e. The van der Waals surface area contributed by atoms with E-state index in [2.05, 4.69) is 15.9 Å². The van der Waals surface area contributed by atoms with Crippen LogP contribution < -0.4 is 0 Å². The van der Waals surface area contributed by atoms with Crippen molar-refractivity contribution in [2.75, 3.05) is 0 Å². The van der Waals surface area contributed by atoms with Crippen molar-refractivity contribution in [1.82, 2.24) is 0 Å². The SMILES string of the molecule is O=C(c1cc(Br)ccc1O)c1ccccc1Cl. The number of halogens is 2. The average Bonchev–Trinajstić information content (AvgIpc) is 2.32. The molecule has 0 aliphatic rings. The molecule has 4 heteroatoms. The summed E-state index contributed by atoms with van der Waals surface area (Å²) in [5.74, 6) is -0.354. The van der Waals surface area contributed by atoms with Gasteiger partial charge in [0.1, 0.15) is 5.75 Å². The van der Waals surface area contributed by atoms with Crippen molar-refractivity contribution in [3.8, 4) is 5.75 Å². The molecule has 0 bridgehead atoms. The smallest absolute Gasteiger partial charge is 0.198 e. The van der Waals surface area contributed by atoms with E-state index in [1.165, 1.54) is 6.07 Å². The van der Waals surface area contributed by atoms with E-state index in [0.717, 1.165) is 4.47 Å². The Morgan fingerprint density at radius 2 is 1.82 bits per heavy atom. The fraction of sp³-hybridized carbons (Fsp3) is 0. The highest BCUT2D eigenvalue weighted by molar-refractivity contribution is 9.10. The van der Waals surface area contributed by atoms with Crippen LogP contribution in [0.15, 0.2) is 46.9 Å². The highest BCUT2D eigenvalue weighted by Gasteiger charge is 2.16. The van der Waals surface area contributed by atoms with Gasteiger partial charge in [0.15, 0.2) is 5.78 Å². The van der Waals surface area contributed by atoms with Gasteiger partial charge < -0.3 is 5.11 Å². The van der Waals surface area contributed by atoms with Crippen LogP contribution in [-0.4, -0.2) is 10.9 Å². The minimum atomic E-state index is -0.297. The molecule has 0 atom stereocenters. The summed E-state index contributed by atoms with van der Waals surface area (Å²) in [4.78, 5) is 12.2. The first-order valence-corrected chi connectivity index (χ1v) is 6.04. The summed E-state index contributed by atoms with van der Waals surface area (Å²) in [5, 5.41) is 10.0. The molecule has 2 nitrogen and oxygen atoms in total. The van der Waals surface area contributed by atoms with Crippen molar-refractivity contribution in [3.63, 3.8) is 0 Å². The predicted molar refractivity (Wildman–Crippen MR) is 70.7 cm³/mol. The number of phenols is 1. The number of benzene rings is 2. The van der Waals surface area contributed by atoms with Crippen LogP contribution in [0.2, 0.25) is 5.02 Å². The van der Waals surface area contributed by atoms with E-state index in [4.69, 9.17) is 11.6 Å². The lowest BCUT2D eigenvalue weighted by atomic mass is 10.0. The van der Waals surface area contributed by atoms with Crippen LogP contribution in [-0.2, 0) is 0 Å². The highest BCUT2D eigenvalue weighted by atomic mass is 79.9. The first kappa shape index (κ1) is 12.1. The van der Waals surface area contributed by atoms with E-state index >= 15 is 0 Å². The number of rotatable bonds is 2. The van der Waals surface area contributed by atoms with Crippen molar-refractivity contribution in [2.24, 2.45) is 0 Å². The largest absolute Gasteiger partial charge is 0.507 e. The normalized spacial score (nSPS) is 10.2. The molecule has 0 unspecified atom stereocenters.